The Kier molecular flexibility index (Phi) is 6.15. The third kappa shape index (κ3) is 4.89. The van der Waals surface area contributed by atoms with Crippen molar-refractivity contribution in [3.63, 3.8) is 0 Å². The molecule has 4 rings (SSSR count). The molecule has 1 aromatic heterocycles. The van der Waals surface area contributed by atoms with E-state index in [9.17, 15) is 4.79 Å². The first-order chi connectivity index (χ1) is 14.6. The second-order valence-corrected chi connectivity index (χ2v) is 8.04. The van der Waals surface area contributed by atoms with Crippen molar-refractivity contribution in [3.8, 4) is 0 Å². The number of aromatic nitrogens is 2. The van der Waals surface area contributed by atoms with Crippen LogP contribution in [0.25, 0.3) is 10.9 Å². The van der Waals surface area contributed by atoms with Crippen molar-refractivity contribution in [1.82, 2.24) is 15.1 Å². The van der Waals surface area contributed by atoms with Gasteiger partial charge in [-0.25, -0.2) is 0 Å². The molecule has 0 aliphatic heterocycles. The van der Waals surface area contributed by atoms with E-state index >= 15 is 0 Å². The maximum absolute atomic E-state index is 12.8. The second kappa shape index (κ2) is 9.14. The Labute approximate surface area is 181 Å². The number of aryl methyl sites for hydroxylation is 1. The van der Waals surface area contributed by atoms with Gasteiger partial charge in [0.15, 0.2) is 0 Å². The lowest BCUT2D eigenvalue weighted by molar-refractivity contribution is 0.0938. The van der Waals surface area contributed by atoms with Gasteiger partial charge in [0.05, 0.1) is 18.3 Å². The van der Waals surface area contributed by atoms with Crippen molar-refractivity contribution < 1.29 is 4.79 Å². The molecule has 0 fully saturated rings. The molecule has 0 spiro atoms. The van der Waals surface area contributed by atoms with Crippen LogP contribution in [0.4, 0.5) is 0 Å². The molecule has 0 saturated heterocycles. The molecule has 0 bridgehead atoms. The van der Waals surface area contributed by atoms with E-state index in [4.69, 9.17) is 11.6 Å². The normalized spacial score (nSPS) is 12.1. The number of hydrogen-bond acceptors (Lipinski definition) is 2. The van der Waals surface area contributed by atoms with E-state index in [1.165, 1.54) is 5.56 Å². The van der Waals surface area contributed by atoms with Crippen molar-refractivity contribution >= 4 is 28.4 Å². The second-order valence-electron chi connectivity index (χ2n) is 7.60. The maximum Gasteiger partial charge on any atom is 0.251 e. The predicted molar refractivity (Wildman–Crippen MR) is 122 cm³/mol. The number of carbonyl (C=O) groups excluding carboxylic acids is 1. The molecule has 0 saturated carbocycles. The number of hydrogen-bond donors (Lipinski definition) is 1. The molecule has 0 aliphatic rings. The van der Waals surface area contributed by atoms with Crippen LogP contribution in [0.2, 0.25) is 5.02 Å². The van der Waals surface area contributed by atoms with E-state index in [0.717, 1.165) is 29.3 Å². The Balaban J connectivity index is 1.45. The number of amides is 1. The summed E-state index contributed by atoms with van der Waals surface area (Å²) in [4.78, 5) is 12.8. The van der Waals surface area contributed by atoms with Gasteiger partial charge in [-0.1, -0.05) is 60.1 Å². The van der Waals surface area contributed by atoms with E-state index < -0.39 is 0 Å². The molecule has 4 aromatic rings. The number of halogens is 1. The zero-order chi connectivity index (χ0) is 20.9. The topological polar surface area (TPSA) is 46.9 Å². The van der Waals surface area contributed by atoms with Crippen LogP contribution in [0.3, 0.4) is 0 Å². The van der Waals surface area contributed by atoms with Crippen molar-refractivity contribution in [2.24, 2.45) is 0 Å². The highest BCUT2D eigenvalue weighted by molar-refractivity contribution is 6.30. The quantitative estimate of drug-likeness (QED) is 0.432. The van der Waals surface area contributed by atoms with E-state index in [-0.39, 0.29) is 11.9 Å². The SMILES string of the molecule is C[C@@H](CCc1ccccc1)NC(=O)c1ccc2cnn(Cc3cccc(Cl)c3)c2c1. The first-order valence-electron chi connectivity index (χ1n) is 10.1. The molecule has 0 radical (unpaired) electrons. The third-order valence-corrected chi connectivity index (χ3v) is 5.45. The monoisotopic (exact) mass is 417 g/mol. The van der Waals surface area contributed by atoms with Crippen LogP contribution in [0.15, 0.2) is 79.0 Å². The summed E-state index contributed by atoms with van der Waals surface area (Å²) in [5, 5.41) is 9.31. The van der Waals surface area contributed by atoms with Gasteiger partial charge in [-0.2, -0.15) is 5.10 Å². The summed E-state index contributed by atoms with van der Waals surface area (Å²) in [5.74, 6) is -0.0621. The molecule has 1 heterocycles. The highest BCUT2D eigenvalue weighted by Crippen LogP contribution is 2.19. The number of nitrogens with zero attached hydrogens (tertiary/aromatic N) is 2. The Bertz CT molecular complexity index is 1150. The van der Waals surface area contributed by atoms with E-state index in [1.807, 2.05) is 78.5 Å². The van der Waals surface area contributed by atoms with Gasteiger partial charge in [0, 0.05) is 22.0 Å². The molecule has 0 unspecified atom stereocenters. The highest BCUT2D eigenvalue weighted by atomic mass is 35.5. The molecule has 1 amide bonds. The Hall–Kier alpha value is -3.11. The Morgan fingerprint density at radius 2 is 1.83 bits per heavy atom. The maximum atomic E-state index is 12.8. The van der Waals surface area contributed by atoms with E-state index in [2.05, 4.69) is 22.5 Å². The minimum absolute atomic E-state index is 0.0621. The number of carbonyl (C=O) groups is 1. The van der Waals surface area contributed by atoms with Crippen LogP contribution < -0.4 is 5.32 Å². The molecule has 1 atom stereocenters. The van der Waals surface area contributed by atoms with Crippen LogP contribution in [-0.4, -0.2) is 21.7 Å². The highest BCUT2D eigenvalue weighted by Gasteiger charge is 2.12. The van der Waals surface area contributed by atoms with Crippen molar-refractivity contribution in [2.45, 2.75) is 32.4 Å². The largest absolute Gasteiger partial charge is 0.350 e. The van der Waals surface area contributed by atoms with Gasteiger partial charge in [0.1, 0.15) is 0 Å². The van der Waals surface area contributed by atoms with Crippen molar-refractivity contribution in [1.29, 1.82) is 0 Å². The molecule has 4 nitrogen and oxygen atoms in total. The summed E-state index contributed by atoms with van der Waals surface area (Å²) < 4.78 is 1.90. The lowest BCUT2D eigenvalue weighted by atomic mass is 10.1. The molecular weight excluding hydrogens is 394 g/mol. The van der Waals surface area contributed by atoms with Crippen molar-refractivity contribution in [2.75, 3.05) is 0 Å². The average Bonchev–Trinajstić information content (AvgIpc) is 3.15. The van der Waals surface area contributed by atoms with Gasteiger partial charge in [0.2, 0.25) is 0 Å². The number of rotatable bonds is 7. The summed E-state index contributed by atoms with van der Waals surface area (Å²) in [6.07, 6.45) is 3.66. The number of benzene rings is 3. The Morgan fingerprint density at radius 3 is 2.63 bits per heavy atom. The minimum Gasteiger partial charge on any atom is -0.350 e. The van der Waals surface area contributed by atoms with Crippen molar-refractivity contribution in [3.05, 3.63) is 101 Å². The van der Waals surface area contributed by atoms with E-state index in [0.29, 0.717) is 17.1 Å². The molecule has 30 heavy (non-hydrogen) atoms. The lowest BCUT2D eigenvalue weighted by Gasteiger charge is -2.14. The van der Waals surface area contributed by atoms with Gasteiger partial charge in [0.25, 0.3) is 5.91 Å². The summed E-state index contributed by atoms with van der Waals surface area (Å²) in [5.41, 5.74) is 3.92. The van der Waals surface area contributed by atoms with Crippen LogP contribution in [0, 0.1) is 0 Å². The van der Waals surface area contributed by atoms with Crippen LogP contribution in [0.1, 0.15) is 34.8 Å². The van der Waals surface area contributed by atoms with Gasteiger partial charge in [-0.05, 0) is 55.2 Å². The standard InChI is InChI=1S/C25H24ClN3O/c1-18(10-11-19-6-3-2-4-7-19)28-25(30)21-12-13-22-16-27-29(24(22)15-21)17-20-8-5-9-23(26)14-20/h2-9,12-16,18H,10-11,17H2,1H3,(H,28,30)/t18-/m0/s1. The first-order valence-corrected chi connectivity index (χ1v) is 10.5. The lowest BCUT2D eigenvalue weighted by Crippen LogP contribution is -2.32. The number of nitrogens with one attached hydrogen (secondary N) is 1. The van der Waals surface area contributed by atoms with Crippen LogP contribution >= 0.6 is 11.6 Å². The van der Waals surface area contributed by atoms with Crippen LogP contribution in [-0.2, 0) is 13.0 Å². The molecule has 5 heteroatoms. The Morgan fingerprint density at radius 1 is 1.03 bits per heavy atom. The van der Waals surface area contributed by atoms with E-state index in [1.54, 1.807) is 0 Å². The van der Waals surface area contributed by atoms with Gasteiger partial charge in [-0.15, -0.1) is 0 Å². The van der Waals surface area contributed by atoms with Gasteiger partial charge < -0.3 is 5.32 Å². The fourth-order valence-corrected chi connectivity index (χ4v) is 3.77. The smallest absolute Gasteiger partial charge is 0.251 e. The predicted octanol–water partition coefficient (Wildman–Crippen LogP) is 5.49. The molecule has 3 aromatic carbocycles. The molecule has 0 aliphatic carbocycles. The third-order valence-electron chi connectivity index (χ3n) is 5.21. The summed E-state index contributed by atoms with van der Waals surface area (Å²) >= 11 is 6.10. The van der Waals surface area contributed by atoms with Crippen LogP contribution in [0.5, 0.6) is 0 Å². The first kappa shape index (κ1) is 20.2. The fourth-order valence-electron chi connectivity index (χ4n) is 3.55. The zero-order valence-corrected chi connectivity index (χ0v) is 17.6. The average molecular weight is 418 g/mol. The summed E-state index contributed by atoms with van der Waals surface area (Å²) in [6, 6.07) is 23.9. The number of fused-ring (bicyclic) bond motifs is 1. The zero-order valence-electron chi connectivity index (χ0n) is 16.9. The van der Waals surface area contributed by atoms with Gasteiger partial charge in [-0.3, -0.25) is 9.48 Å². The summed E-state index contributed by atoms with van der Waals surface area (Å²) in [7, 11) is 0. The molecule has 1 N–H and O–H groups in total. The fraction of sp³-hybridized carbons (Fsp3) is 0.200. The minimum atomic E-state index is -0.0621. The molecular formula is C25H24ClN3O. The molecule has 152 valence electrons. The summed E-state index contributed by atoms with van der Waals surface area (Å²) in [6.45, 7) is 2.64. The van der Waals surface area contributed by atoms with Gasteiger partial charge >= 0.3 is 0 Å².